The molecule has 5 aromatic rings. The number of aromatic nitrogens is 2. The number of aryl methyl sites for hydroxylation is 2. The maximum atomic E-state index is 12.9. The van der Waals surface area contributed by atoms with E-state index in [-0.39, 0.29) is 17.5 Å². The van der Waals surface area contributed by atoms with E-state index in [0.717, 1.165) is 57.7 Å². The Hall–Kier alpha value is -4.74. The van der Waals surface area contributed by atoms with Crippen LogP contribution in [0.2, 0.25) is 0 Å². The van der Waals surface area contributed by atoms with Crippen molar-refractivity contribution < 1.29 is 34.0 Å². The summed E-state index contributed by atoms with van der Waals surface area (Å²) in [6.45, 7) is 16.9. The molecule has 1 fully saturated rings. The van der Waals surface area contributed by atoms with Gasteiger partial charge in [0.25, 0.3) is 0 Å². The molecular formula is C45H55N3O7. The largest absolute Gasteiger partial charge is 0.507 e. The Balaban J connectivity index is 1.22. The minimum Gasteiger partial charge on any atom is -0.507 e. The van der Waals surface area contributed by atoms with E-state index < -0.39 is 17.7 Å². The van der Waals surface area contributed by atoms with Gasteiger partial charge in [0, 0.05) is 36.0 Å². The van der Waals surface area contributed by atoms with E-state index in [1.165, 1.54) is 0 Å². The van der Waals surface area contributed by atoms with Gasteiger partial charge in [-0.25, -0.2) is 9.78 Å². The molecule has 0 radical (unpaired) electrons. The van der Waals surface area contributed by atoms with Crippen molar-refractivity contribution in [2.24, 2.45) is 0 Å². The summed E-state index contributed by atoms with van der Waals surface area (Å²) in [4.78, 5) is 20.2. The second kappa shape index (κ2) is 17.0. The predicted octanol–water partition coefficient (Wildman–Crippen LogP) is 8.93. The monoisotopic (exact) mass is 749 g/mol. The maximum Gasteiger partial charge on any atom is 0.337 e. The average Bonchev–Trinajstić information content (AvgIpc) is 3.57. The number of imidazole rings is 1. The van der Waals surface area contributed by atoms with E-state index in [0.29, 0.717) is 50.7 Å². The van der Waals surface area contributed by atoms with Crippen LogP contribution in [0.3, 0.4) is 0 Å². The number of fused-ring (bicyclic) bond motifs is 1. The molecule has 10 heteroatoms. The number of phenolic OH excluding ortho intramolecular Hbond substituents is 1. The summed E-state index contributed by atoms with van der Waals surface area (Å²) >= 11 is 0. The first-order chi connectivity index (χ1) is 26.2. The SMILES string of the molecule is Cc1ccc(O)c(-c2cccc(-c3cn4c(N5CCC(C)(OCCOCC(C)OCc6ccccc6)CC5)c(C(OC(C)(C)C)C(=O)O)c(C)cc4n3)c2)c1. The lowest BCUT2D eigenvalue weighted by Crippen LogP contribution is -2.46. The zero-order chi connectivity index (χ0) is 39.3. The molecule has 0 saturated carbocycles. The quantitative estimate of drug-likeness (QED) is 0.101. The molecule has 55 heavy (non-hydrogen) atoms. The number of hydrogen-bond donors (Lipinski definition) is 2. The summed E-state index contributed by atoms with van der Waals surface area (Å²) in [5.74, 6) is -0.0754. The van der Waals surface area contributed by atoms with Crippen LogP contribution >= 0.6 is 0 Å². The molecule has 0 aliphatic carbocycles. The minimum atomic E-state index is -1.20. The number of pyridine rings is 1. The number of hydrogen-bond acceptors (Lipinski definition) is 8. The second-order valence-electron chi connectivity index (χ2n) is 15.9. The van der Waals surface area contributed by atoms with Crippen LogP contribution in [-0.4, -0.2) is 75.8 Å². The zero-order valence-corrected chi connectivity index (χ0v) is 33.2. The smallest absolute Gasteiger partial charge is 0.337 e. The second-order valence-corrected chi connectivity index (χ2v) is 15.9. The van der Waals surface area contributed by atoms with E-state index in [1.807, 2.05) is 125 Å². The molecule has 3 aromatic carbocycles. The fraction of sp³-hybridized carbons (Fsp3) is 0.422. The number of aromatic hydroxyl groups is 1. The Bertz CT molecular complexity index is 2080. The summed E-state index contributed by atoms with van der Waals surface area (Å²) in [5, 5.41) is 21.2. The van der Waals surface area contributed by atoms with Gasteiger partial charge in [-0.2, -0.15) is 0 Å². The molecular weight excluding hydrogens is 695 g/mol. The third kappa shape index (κ3) is 9.93. The number of aliphatic carboxylic acids is 1. The van der Waals surface area contributed by atoms with Crippen molar-refractivity contribution in [3.8, 4) is 28.1 Å². The highest BCUT2D eigenvalue weighted by atomic mass is 16.6. The number of rotatable bonds is 15. The van der Waals surface area contributed by atoms with Crippen LogP contribution in [0, 0.1) is 13.8 Å². The molecule has 2 unspecified atom stereocenters. The molecule has 0 bridgehead atoms. The van der Waals surface area contributed by atoms with Gasteiger partial charge in [0.15, 0.2) is 6.10 Å². The number of nitrogens with zero attached hydrogens (tertiary/aromatic N) is 3. The number of carboxylic acid groups (broad SMARTS) is 1. The lowest BCUT2D eigenvalue weighted by atomic mass is 9.92. The van der Waals surface area contributed by atoms with Gasteiger partial charge in [0.1, 0.15) is 17.2 Å². The molecule has 3 heterocycles. The fourth-order valence-electron chi connectivity index (χ4n) is 7.14. The lowest BCUT2D eigenvalue weighted by Gasteiger charge is -2.41. The molecule has 6 rings (SSSR count). The molecule has 1 saturated heterocycles. The van der Waals surface area contributed by atoms with E-state index in [4.69, 9.17) is 23.9 Å². The van der Waals surface area contributed by atoms with Gasteiger partial charge in [-0.15, -0.1) is 0 Å². The van der Waals surface area contributed by atoms with Gasteiger partial charge >= 0.3 is 5.97 Å². The van der Waals surface area contributed by atoms with Crippen molar-refractivity contribution in [2.45, 2.75) is 91.3 Å². The summed E-state index contributed by atoms with van der Waals surface area (Å²) in [7, 11) is 0. The van der Waals surface area contributed by atoms with Crippen LogP contribution < -0.4 is 4.90 Å². The van der Waals surface area contributed by atoms with Gasteiger partial charge in [-0.3, -0.25) is 4.40 Å². The number of phenols is 1. The summed E-state index contributed by atoms with van der Waals surface area (Å²) in [5.41, 5.74) is 6.47. The fourth-order valence-corrected chi connectivity index (χ4v) is 7.14. The molecule has 10 nitrogen and oxygen atoms in total. The topological polar surface area (TPSA) is 115 Å². The van der Waals surface area contributed by atoms with Gasteiger partial charge in [0.05, 0.1) is 49.4 Å². The standard InChI is InChI=1S/C45H55N3O7/c1-30-16-17-38(49)36(24-30)34-14-11-15-35(26-34)37-27-48-39(46-37)25-31(2)40(41(43(50)51)55-44(4,5)6)42(48)47-20-18-45(7,19-21-47)54-23-22-52-28-32(3)53-29-33-12-9-8-10-13-33/h8-17,24-27,32,41,49H,18-23,28-29H2,1-7H3,(H,50,51). The van der Waals surface area contributed by atoms with Gasteiger partial charge in [-0.05, 0) is 102 Å². The normalized spacial score (nSPS) is 15.7. The predicted molar refractivity (Wildman–Crippen MR) is 216 cm³/mol. The Morgan fingerprint density at radius 1 is 0.945 bits per heavy atom. The van der Waals surface area contributed by atoms with Crippen LogP contribution in [-0.2, 0) is 30.3 Å². The maximum absolute atomic E-state index is 12.9. The van der Waals surface area contributed by atoms with E-state index >= 15 is 0 Å². The molecule has 2 atom stereocenters. The first-order valence-corrected chi connectivity index (χ1v) is 19.2. The molecule has 0 spiro atoms. The number of carbonyl (C=O) groups is 1. The average molecular weight is 750 g/mol. The van der Waals surface area contributed by atoms with Crippen LogP contribution in [0.4, 0.5) is 5.82 Å². The highest BCUT2D eigenvalue weighted by Crippen LogP contribution is 2.40. The Morgan fingerprint density at radius 3 is 2.38 bits per heavy atom. The summed E-state index contributed by atoms with van der Waals surface area (Å²) < 4.78 is 26.5. The lowest BCUT2D eigenvalue weighted by molar-refractivity contribution is -0.160. The first kappa shape index (κ1) is 39.9. The zero-order valence-electron chi connectivity index (χ0n) is 33.2. The van der Waals surface area contributed by atoms with Crippen LogP contribution in [0.1, 0.15) is 75.8 Å². The number of ether oxygens (including phenoxy) is 4. The number of benzene rings is 3. The van der Waals surface area contributed by atoms with Crippen LogP contribution in [0.25, 0.3) is 28.0 Å². The van der Waals surface area contributed by atoms with Crippen molar-refractivity contribution in [1.29, 1.82) is 0 Å². The van der Waals surface area contributed by atoms with E-state index in [1.54, 1.807) is 6.07 Å². The van der Waals surface area contributed by atoms with Crippen molar-refractivity contribution in [1.82, 2.24) is 9.38 Å². The molecule has 2 aromatic heterocycles. The minimum absolute atomic E-state index is 0.0366. The van der Waals surface area contributed by atoms with Crippen molar-refractivity contribution in [2.75, 3.05) is 37.8 Å². The first-order valence-electron chi connectivity index (χ1n) is 19.2. The van der Waals surface area contributed by atoms with Gasteiger partial charge < -0.3 is 34.1 Å². The molecule has 292 valence electrons. The van der Waals surface area contributed by atoms with Crippen molar-refractivity contribution in [3.63, 3.8) is 0 Å². The van der Waals surface area contributed by atoms with Crippen molar-refractivity contribution >= 4 is 17.4 Å². The third-order valence-electron chi connectivity index (χ3n) is 10.1. The molecule has 1 aliphatic heterocycles. The van der Waals surface area contributed by atoms with E-state index in [2.05, 4.69) is 11.8 Å². The number of piperidine rings is 1. The van der Waals surface area contributed by atoms with E-state index in [9.17, 15) is 15.0 Å². The highest BCUT2D eigenvalue weighted by Gasteiger charge is 2.37. The third-order valence-corrected chi connectivity index (χ3v) is 10.1. The van der Waals surface area contributed by atoms with Crippen molar-refractivity contribution in [3.05, 3.63) is 107 Å². The summed E-state index contributed by atoms with van der Waals surface area (Å²) in [6, 6.07) is 25.6. The molecule has 0 amide bonds. The summed E-state index contributed by atoms with van der Waals surface area (Å²) in [6.07, 6.45) is 2.22. The number of anilines is 1. The van der Waals surface area contributed by atoms with Crippen LogP contribution in [0.5, 0.6) is 5.75 Å². The molecule has 1 aliphatic rings. The Kier molecular flexibility index (Phi) is 12.3. The number of carboxylic acids is 1. The Labute approximate surface area is 324 Å². The van der Waals surface area contributed by atoms with Crippen LogP contribution in [0.15, 0.2) is 85.1 Å². The molecule has 2 N–H and O–H groups in total. The highest BCUT2D eigenvalue weighted by molar-refractivity contribution is 5.80. The van der Waals surface area contributed by atoms with Gasteiger partial charge in [-0.1, -0.05) is 60.2 Å². The van der Waals surface area contributed by atoms with Gasteiger partial charge in [0.2, 0.25) is 0 Å². The Morgan fingerprint density at radius 2 is 1.67 bits per heavy atom.